The third-order valence-electron chi connectivity index (χ3n) is 7.36. The fraction of sp³-hybridized carbons (Fsp3) is 0.667. The molecule has 1 aromatic heterocycles. The maximum Gasteiger partial charge on any atom is 0.247 e. The van der Waals surface area contributed by atoms with Gasteiger partial charge in [0.2, 0.25) is 11.8 Å². The molecule has 6 nitrogen and oxygen atoms in total. The largest absolute Gasteiger partial charge is 0.384 e. The lowest BCUT2D eigenvalue weighted by Gasteiger charge is -2.56. The highest BCUT2D eigenvalue weighted by Crippen LogP contribution is 2.60. The minimum Gasteiger partial charge on any atom is -0.384 e. The lowest BCUT2D eigenvalue weighted by atomic mass is 9.49. The number of carbonyl (C=O) groups is 2. The number of carbonyl (C=O) groups excluding carboxylic acids is 2. The number of halogens is 1. The Labute approximate surface area is 172 Å². The van der Waals surface area contributed by atoms with Crippen molar-refractivity contribution >= 4 is 35.7 Å². The Morgan fingerprint density at radius 2 is 1.75 bits per heavy atom. The van der Waals surface area contributed by atoms with E-state index < -0.39 is 0 Å². The van der Waals surface area contributed by atoms with E-state index in [1.165, 1.54) is 19.3 Å². The molecule has 5 aliphatic rings. The van der Waals surface area contributed by atoms with Gasteiger partial charge in [-0.05, 0) is 81.3 Å². The molecule has 5 fully saturated rings. The van der Waals surface area contributed by atoms with Crippen molar-refractivity contribution in [2.45, 2.75) is 57.4 Å². The Balaban J connectivity index is 0.00000192. The molecule has 4 bridgehead atoms. The van der Waals surface area contributed by atoms with Gasteiger partial charge in [0.05, 0.1) is 17.3 Å². The smallest absolute Gasteiger partial charge is 0.247 e. The molecule has 0 radical (unpaired) electrons. The van der Waals surface area contributed by atoms with Crippen LogP contribution < -0.4 is 11.1 Å². The molecule has 1 atom stereocenters. The quantitative estimate of drug-likeness (QED) is 0.809. The first-order valence-electron chi connectivity index (χ1n) is 10.4. The number of pyridine rings is 1. The average molecular weight is 405 g/mol. The van der Waals surface area contributed by atoms with Gasteiger partial charge in [-0.15, -0.1) is 12.4 Å². The number of hydrogen-bond acceptors (Lipinski definition) is 4. The minimum absolute atomic E-state index is 0. The molecule has 28 heavy (non-hydrogen) atoms. The molecule has 1 saturated heterocycles. The summed E-state index contributed by atoms with van der Waals surface area (Å²) in [6, 6.07) is 3.06. The topological polar surface area (TPSA) is 88.3 Å². The molecule has 152 valence electrons. The molecule has 1 aromatic rings. The third kappa shape index (κ3) is 3.25. The van der Waals surface area contributed by atoms with Gasteiger partial charge in [-0.25, -0.2) is 4.98 Å². The summed E-state index contributed by atoms with van der Waals surface area (Å²) < 4.78 is 0. The molecule has 4 saturated carbocycles. The zero-order valence-corrected chi connectivity index (χ0v) is 16.9. The predicted octanol–water partition coefficient (Wildman–Crippen LogP) is 3.23. The summed E-state index contributed by atoms with van der Waals surface area (Å²) in [5.41, 5.74) is 6.06. The molecule has 1 unspecified atom stereocenters. The maximum atomic E-state index is 13.6. The molecule has 0 aromatic carbocycles. The molecule has 0 spiro atoms. The Morgan fingerprint density at radius 1 is 1.11 bits per heavy atom. The first-order chi connectivity index (χ1) is 13.0. The first-order valence-corrected chi connectivity index (χ1v) is 10.4. The summed E-state index contributed by atoms with van der Waals surface area (Å²) >= 11 is 0. The summed E-state index contributed by atoms with van der Waals surface area (Å²) in [7, 11) is 0. The Hall–Kier alpha value is -1.82. The van der Waals surface area contributed by atoms with Crippen molar-refractivity contribution in [3.8, 4) is 0 Å². The van der Waals surface area contributed by atoms with Crippen LogP contribution in [0.2, 0.25) is 0 Å². The number of rotatable bonds is 3. The predicted molar refractivity (Wildman–Crippen MR) is 110 cm³/mol. The molecule has 2 amide bonds. The standard InChI is InChI=1S/C21H28N4O2.ClH/c22-18-4-3-16(12-23-18)24-19(26)17-2-1-5-25(17)20(27)21-9-13-6-14(10-21)8-15(7-13)11-21;/h3-4,12-15,17H,1-2,5-11H2,(H2,22,23)(H,24,26);1H. The van der Waals surface area contributed by atoms with Gasteiger partial charge in [-0.3, -0.25) is 9.59 Å². The fourth-order valence-corrected chi connectivity index (χ4v) is 6.66. The molecular formula is C21H29ClN4O2. The van der Waals surface area contributed by atoms with Crippen molar-refractivity contribution in [2.75, 3.05) is 17.6 Å². The van der Waals surface area contributed by atoms with Gasteiger partial charge in [0, 0.05) is 6.54 Å². The summed E-state index contributed by atoms with van der Waals surface area (Å²) in [6.07, 6.45) is 10.3. The van der Waals surface area contributed by atoms with Crippen molar-refractivity contribution in [1.82, 2.24) is 9.88 Å². The molecule has 3 N–H and O–H groups in total. The van der Waals surface area contributed by atoms with Gasteiger partial charge in [0.25, 0.3) is 0 Å². The second-order valence-electron chi connectivity index (χ2n) is 9.32. The van der Waals surface area contributed by atoms with Gasteiger partial charge < -0.3 is 16.0 Å². The second-order valence-corrected chi connectivity index (χ2v) is 9.32. The van der Waals surface area contributed by atoms with Crippen LogP contribution in [0, 0.1) is 23.2 Å². The molecule has 6 rings (SSSR count). The molecule has 4 aliphatic carbocycles. The number of nitrogens with zero attached hydrogens (tertiary/aromatic N) is 2. The number of anilines is 2. The van der Waals surface area contributed by atoms with Crippen molar-refractivity contribution < 1.29 is 9.59 Å². The minimum atomic E-state index is -0.358. The van der Waals surface area contributed by atoms with Crippen molar-refractivity contribution in [1.29, 1.82) is 0 Å². The Morgan fingerprint density at radius 3 is 2.32 bits per heavy atom. The number of amides is 2. The van der Waals surface area contributed by atoms with Crippen molar-refractivity contribution in [3.05, 3.63) is 18.3 Å². The molecule has 7 heteroatoms. The van der Waals surface area contributed by atoms with E-state index in [0.717, 1.165) is 49.9 Å². The zero-order chi connectivity index (χ0) is 18.6. The lowest BCUT2D eigenvalue weighted by molar-refractivity contribution is -0.160. The van der Waals surface area contributed by atoms with Crippen LogP contribution in [-0.4, -0.2) is 34.3 Å². The normalized spacial score (nSPS) is 35.5. The zero-order valence-electron chi connectivity index (χ0n) is 16.1. The van der Waals surface area contributed by atoms with Crippen molar-refractivity contribution in [2.24, 2.45) is 23.2 Å². The highest BCUT2D eigenvalue weighted by atomic mass is 35.5. The van der Waals surface area contributed by atoms with E-state index >= 15 is 0 Å². The van der Waals surface area contributed by atoms with Crippen LogP contribution in [0.4, 0.5) is 11.5 Å². The number of nitrogens with two attached hydrogens (primary N) is 1. The van der Waals surface area contributed by atoms with E-state index in [-0.39, 0.29) is 35.7 Å². The van der Waals surface area contributed by atoms with Crippen LogP contribution >= 0.6 is 12.4 Å². The van der Waals surface area contributed by atoms with Crippen LogP contribution in [-0.2, 0) is 9.59 Å². The number of nitrogen functional groups attached to an aromatic ring is 1. The van der Waals surface area contributed by atoms with E-state index in [2.05, 4.69) is 10.3 Å². The number of aromatic nitrogens is 1. The lowest BCUT2D eigenvalue weighted by Crippen LogP contribution is -2.56. The first kappa shape index (κ1) is 19.5. The van der Waals surface area contributed by atoms with Crippen molar-refractivity contribution in [3.63, 3.8) is 0 Å². The van der Waals surface area contributed by atoms with E-state index in [1.54, 1.807) is 18.3 Å². The van der Waals surface area contributed by atoms with E-state index in [1.807, 2.05) is 4.90 Å². The summed E-state index contributed by atoms with van der Waals surface area (Å²) in [5.74, 6) is 2.78. The van der Waals surface area contributed by atoms with Crippen LogP contribution in [0.15, 0.2) is 18.3 Å². The SMILES string of the molecule is Cl.Nc1ccc(NC(=O)C2CCCN2C(=O)C23CC4CC(CC(C4)C2)C3)cn1. The monoisotopic (exact) mass is 404 g/mol. The van der Waals surface area contributed by atoms with Crippen LogP contribution in [0.3, 0.4) is 0 Å². The van der Waals surface area contributed by atoms with E-state index in [4.69, 9.17) is 5.73 Å². The highest BCUT2D eigenvalue weighted by Gasteiger charge is 2.56. The van der Waals surface area contributed by atoms with Crippen LogP contribution in [0.25, 0.3) is 0 Å². The second kappa shape index (κ2) is 7.21. The summed E-state index contributed by atoms with van der Waals surface area (Å²) in [6.45, 7) is 0.707. The van der Waals surface area contributed by atoms with Crippen LogP contribution in [0.1, 0.15) is 51.4 Å². The fourth-order valence-electron chi connectivity index (χ4n) is 6.66. The number of likely N-dealkylation sites (tertiary alicyclic amines) is 1. The molecular weight excluding hydrogens is 376 g/mol. The number of hydrogen-bond donors (Lipinski definition) is 2. The van der Waals surface area contributed by atoms with E-state index in [0.29, 0.717) is 18.1 Å². The van der Waals surface area contributed by atoms with Gasteiger partial charge in [0.15, 0.2) is 0 Å². The Kier molecular flexibility index (Phi) is 5.02. The van der Waals surface area contributed by atoms with Gasteiger partial charge in [-0.2, -0.15) is 0 Å². The highest BCUT2D eigenvalue weighted by molar-refractivity contribution is 5.98. The van der Waals surface area contributed by atoms with Crippen LogP contribution in [0.5, 0.6) is 0 Å². The summed E-state index contributed by atoms with van der Waals surface area (Å²) in [4.78, 5) is 32.4. The summed E-state index contributed by atoms with van der Waals surface area (Å²) in [5, 5.41) is 2.92. The molecule has 1 aliphatic heterocycles. The van der Waals surface area contributed by atoms with E-state index in [9.17, 15) is 9.59 Å². The average Bonchev–Trinajstić information content (AvgIpc) is 3.11. The third-order valence-corrected chi connectivity index (χ3v) is 7.36. The molecule has 2 heterocycles. The van der Waals surface area contributed by atoms with Gasteiger partial charge in [0.1, 0.15) is 11.9 Å². The van der Waals surface area contributed by atoms with Gasteiger partial charge >= 0.3 is 0 Å². The Bertz CT molecular complexity index is 731. The van der Waals surface area contributed by atoms with Gasteiger partial charge in [-0.1, -0.05) is 0 Å². The maximum absolute atomic E-state index is 13.6. The number of nitrogens with one attached hydrogen (secondary N) is 1.